The van der Waals surface area contributed by atoms with E-state index in [1.165, 1.54) is 0 Å². The van der Waals surface area contributed by atoms with Gasteiger partial charge >= 0.3 is 0 Å². The molecule has 1 fully saturated rings. The number of nitrogens with zero attached hydrogens (tertiary/aromatic N) is 2. The zero-order chi connectivity index (χ0) is 16.7. The molecule has 2 rings (SSSR count). The van der Waals surface area contributed by atoms with Gasteiger partial charge in [0.1, 0.15) is 5.75 Å². The number of piperidine rings is 1. The van der Waals surface area contributed by atoms with Crippen LogP contribution in [0.4, 0.5) is 0 Å². The predicted octanol–water partition coefficient (Wildman–Crippen LogP) is 2.17. The number of rotatable bonds is 6. The van der Waals surface area contributed by atoms with Crippen LogP contribution in [0.25, 0.3) is 0 Å². The smallest absolute Gasteiger partial charge is 0.260 e. The fourth-order valence-corrected chi connectivity index (χ4v) is 2.92. The Hall–Kier alpha value is -2.04. The minimum atomic E-state index is -0.0115. The van der Waals surface area contributed by atoms with Crippen LogP contribution in [-0.4, -0.2) is 54.4 Å². The van der Waals surface area contributed by atoms with E-state index >= 15 is 0 Å². The lowest BCUT2D eigenvalue weighted by Gasteiger charge is -2.33. The minimum Gasteiger partial charge on any atom is -0.484 e. The quantitative estimate of drug-likeness (QED) is 0.808. The molecule has 0 bridgehead atoms. The Morgan fingerprint density at radius 3 is 2.30 bits per heavy atom. The zero-order valence-corrected chi connectivity index (χ0v) is 14.0. The second-order valence-electron chi connectivity index (χ2n) is 5.77. The van der Waals surface area contributed by atoms with Crippen LogP contribution in [0, 0.1) is 5.92 Å². The number of hydrogen-bond donors (Lipinski definition) is 0. The number of benzene rings is 1. The average molecular weight is 318 g/mol. The van der Waals surface area contributed by atoms with Crippen molar-refractivity contribution in [2.24, 2.45) is 5.92 Å². The van der Waals surface area contributed by atoms with Gasteiger partial charge in [-0.15, -0.1) is 0 Å². The van der Waals surface area contributed by atoms with Crippen molar-refractivity contribution in [1.82, 2.24) is 9.80 Å². The van der Waals surface area contributed by atoms with E-state index in [1.54, 1.807) is 4.90 Å². The van der Waals surface area contributed by atoms with Gasteiger partial charge in [0, 0.05) is 32.1 Å². The largest absolute Gasteiger partial charge is 0.484 e. The zero-order valence-electron chi connectivity index (χ0n) is 14.0. The van der Waals surface area contributed by atoms with Crippen molar-refractivity contribution in [3.63, 3.8) is 0 Å². The third-order valence-corrected chi connectivity index (χ3v) is 4.38. The molecule has 0 spiro atoms. The van der Waals surface area contributed by atoms with Gasteiger partial charge in [-0.25, -0.2) is 0 Å². The van der Waals surface area contributed by atoms with Gasteiger partial charge in [-0.3, -0.25) is 9.59 Å². The third kappa shape index (κ3) is 4.71. The maximum absolute atomic E-state index is 12.3. The molecule has 1 aromatic rings. The molecule has 2 amide bonds. The maximum Gasteiger partial charge on any atom is 0.260 e. The molecule has 23 heavy (non-hydrogen) atoms. The van der Waals surface area contributed by atoms with E-state index < -0.39 is 0 Å². The highest BCUT2D eigenvalue weighted by Gasteiger charge is 2.29. The highest BCUT2D eigenvalue weighted by Crippen LogP contribution is 2.20. The number of likely N-dealkylation sites (tertiary alicyclic amines) is 1. The summed E-state index contributed by atoms with van der Waals surface area (Å²) < 4.78 is 5.50. The third-order valence-electron chi connectivity index (χ3n) is 4.38. The number of hydrogen-bond acceptors (Lipinski definition) is 3. The van der Waals surface area contributed by atoms with E-state index in [1.807, 2.05) is 49.1 Å². The summed E-state index contributed by atoms with van der Waals surface area (Å²) in [7, 11) is 0. The van der Waals surface area contributed by atoms with Gasteiger partial charge in [-0.2, -0.15) is 0 Å². The number of carbonyl (C=O) groups excluding carboxylic acids is 2. The first-order valence-electron chi connectivity index (χ1n) is 8.40. The second-order valence-corrected chi connectivity index (χ2v) is 5.77. The Morgan fingerprint density at radius 2 is 1.74 bits per heavy atom. The lowest BCUT2D eigenvalue weighted by atomic mass is 9.95. The number of ether oxygens (including phenoxy) is 1. The van der Waals surface area contributed by atoms with Gasteiger partial charge in [0.15, 0.2) is 6.61 Å². The van der Waals surface area contributed by atoms with Crippen LogP contribution in [0.15, 0.2) is 30.3 Å². The molecule has 0 atom stereocenters. The van der Waals surface area contributed by atoms with Crippen LogP contribution in [-0.2, 0) is 9.59 Å². The van der Waals surface area contributed by atoms with Crippen LogP contribution in [0.1, 0.15) is 26.7 Å². The summed E-state index contributed by atoms with van der Waals surface area (Å²) in [6.07, 6.45) is 1.48. The monoisotopic (exact) mass is 318 g/mol. The summed E-state index contributed by atoms with van der Waals surface area (Å²) in [5.74, 6) is 0.965. The van der Waals surface area contributed by atoms with Crippen LogP contribution in [0.2, 0.25) is 0 Å². The normalized spacial score (nSPS) is 15.3. The second kappa shape index (κ2) is 8.56. The molecule has 1 aliphatic heterocycles. The first-order chi connectivity index (χ1) is 11.2. The number of amides is 2. The van der Waals surface area contributed by atoms with Gasteiger partial charge in [-0.05, 0) is 38.8 Å². The molecule has 0 saturated carbocycles. The van der Waals surface area contributed by atoms with Crippen LogP contribution < -0.4 is 4.74 Å². The van der Waals surface area contributed by atoms with Crippen molar-refractivity contribution in [2.75, 3.05) is 32.8 Å². The number of carbonyl (C=O) groups is 2. The Labute approximate surface area is 138 Å². The van der Waals surface area contributed by atoms with E-state index in [9.17, 15) is 9.59 Å². The summed E-state index contributed by atoms with van der Waals surface area (Å²) in [6.45, 7) is 6.82. The summed E-state index contributed by atoms with van der Waals surface area (Å²) in [5, 5.41) is 0. The predicted molar refractivity (Wildman–Crippen MR) is 89.2 cm³/mol. The fourth-order valence-electron chi connectivity index (χ4n) is 2.92. The Morgan fingerprint density at radius 1 is 1.13 bits per heavy atom. The van der Waals surface area contributed by atoms with Crippen molar-refractivity contribution in [1.29, 1.82) is 0 Å². The first kappa shape index (κ1) is 17.3. The lowest BCUT2D eigenvalue weighted by molar-refractivity contribution is -0.141. The summed E-state index contributed by atoms with van der Waals surface area (Å²) in [5.41, 5.74) is 0. The highest BCUT2D eigenvalue weighted by atomic mass is 16.5. The molecule has 126 valence electrons. The van der Waals surface area contributed by atoms with Crippen molar-refractivity contribution in [3.8, 4) is 5.75 Å². The van der Waals surface area contributed by atoms with Gasteiger partial charge < -0.3 is 14.5 Å². The van der Waals surface area contributed by atoms with E-state index in [4.69, 9.17) is 4.74 Å². The molecule has 5 heteroatoms. The minimum absolute atomic E-state index is 0.0115. The van der Waals surface area contributed by atoms with E-state index in [0.717, 1.165) is 25.9 Å². The van der Waals surface area contributed by atoms with Crippen LogP contribution in [0.5, 0.6) is 5.75 Å². The molecular weight excluding hydrogens is 292 g/mol. The summed E-state index contributed by atoms with van der Waals surface area (Å²) in [4.78, 5) is 28.2. The first-order valence-corrected chi connectivity index (χ1v) is 8.40. The lowest BCUT2D eigenvalue weighted by Crippen LogP contribution is -2.45. The molecule has 0 aromatic heterocycles. The standard InChI is InChI=1S/C18H26N2O3/c1-3-19(4-2)18(22)15-10-12-20(13-11-15)17(21)14-23-16-8-6-5-7-9-16/h5-9,15H,3-4,10-14H2,1-2H3. The molecule has 1 aromatic carbocycles. The van der Waals surface area contributed by atoms with Gasteiger partial charge in [0.2, 0.25) is 5.91 Å². The van der Waals surface area contributed by atoms with E-state index in [-0.39, 0.29) is 24.3 Å². The summed E-state index contributed by atoms with van der Waals surface area (Å²) >= 11 is 0. The average Bonchev–Trinajstić information content (AvgIpc) is 2.61. The fraction of sp³-hybridized carbons (Fsp3) is 0.556. The van der Waals surface area contributed by atoms with E-state index in [0.29, 0.717) is 18.8 Å². The highest BCUT2D eigenvalue weighted by molar-refractivity contribution is 5.80. The number of para-hydroxylation sites is 1. The molecule has 1 saturated heterocycles. The topological polar surface area (TPSA) is 49.9 Å². The van der Waals surface area contributed by atoms with Gasteiger partial charge in [-0.1, -0.05) is 18.2 Å². The van der Waals surface area contributed by atoms with E-state index in [2.05, 4.69) is 0 Å². The molecular formula is C18H26N2O3. The summed E-state index contributed by atoms with van der Waals surface area (Å²) in [6, 6.07) is 9.34. The molecule has 0 N–H and O–H groups in total. The van der Waals surface area contributed by atoms with Crippen molar-refractivity contribution < 1.29 is 14.3 Å². The maximum atomic E-state index is 12.3. The Kier molecular flexibility index (Phi) is 6.44. The molecule has 0 radical (unpaired) electrons. The molecule has 0 aliphatic carbocycles. The Balaban J connectivity index is 1.77. The Bertz CT molecular complexity index is 506. The van der Waals surface area contributed by atoms with Crippen LogP contribution >= 0.6 is 0 Å². The van der Waals surface area contributed by atoms with Gasteiger partial charge in [0.05, 0.1) is 0 Å². The SMILES string of the molecule is CCN(CC)C(=O)C1CCN(C(=O)COc2ccccc2)CC1. The van der Waals surface area contributed by atoms with Crippen LogP contribution in [0.3, 0.4) is 0 Å². The van der Waals surface area contributed by atoms with Crippen molar-refractivity contribution >= 4 is 11.8 Å². The molecule has 5 nitrogen and oxygen atoms in total. The molecule has 1 heterocycles. The van der Waals surface area contributed by atoms with Gasteiger partial charge in [0.25, 0.3) is 5.91 Å². The van der Waals surface area contributed by atoms with Crippen molar-refractivity contribution in [3.05, 3.63) is 30.3 Å². The molecule has 0 unspecified atom stereocenters. The molecule has 1 aliphatic rings. The van der Waals surface area contributed by atoms with Crippen molar-refractivity contribution in [2.45, 2.75) is 26.7 Å².